The average Bonchev–Trinajstić information content (AvgIpc) is 2.18. The second-order valence-electron chi connectivity index (χ2n) is 3.10. The number of nitrogen functional groups attached to an aromatic ring is 1. The maximum atomic E-state index is 5.65. The van der Waals surface area contributed by atoms with Gasteiger partial charge in [0.25, 0.3) is 0 Å². The molecule has 0 radical (unpaired) electrons. The van der Waals surface area contributed by atoms with E-state index in [1.807, 2.05) is 31.2 Å². The van der Waals surface area contributed by atoms with Crippen LogP contribution >= 0.6 is 0 Å². The lowest BCUT2D eigenvalue weighted by Gasteiger charge is -2.06. The number of hydrogen-bond donors (Lipinski definition) is 2. The zero-order valence-corrected chi connectivity index (χ0v) is 8.62. The van der Waals surface area contributed by atoms with E-state index in [2.05, 4.69) is 5.32 Å². The van der Waals surface area contributed by atoms with Gasteiger partial charge in [-0.3, -0.25) is 0 Å². The van der Waals surface area contributed by atoms with Gasteiger partial charge in [-0.2, -0.15) is 0 Å². The lowest BCUT2D eigenvalue weighted by molar-refractivity contribution is 0.147. The molecule has 0 aromatic heterocycles. The van der Waals surface area contributed by atoms with Gasteiger partial charge in [-0.1, -0.05) is 6.07 Å². The minimum absolute atomic E-state index is 0.790. The molecule has 3 heteroatoms. The van der Waals surface area contributed by atoms with E-state index in [1.54, 1.807) is 0 Å². The predicted molar refractivity (Wildman–Crippen MR) is 60.5 cm³/mol. The summed E-state index contributed by atoms with van der Waals surface area (Å²) in [6, 6.07) is 7.77. The lowest BCUT2D eigenvalue weighted by Crippen LogP contribution is -2.05. The number of nitrogens with one attached hydrogen (secondary N) is 1. The van der Waals surface area contributed by atoms with Crippen molar-refractivity contribution in [2.24, 2.45) is 0 Å². The first-order valence-electron chi connectivity index (χ1n) is 5.00. The Kier molecular flexibility index (Phi) is 4.86. The van der Waals surface area contributed by atoms with Gasteiger partial charge in [0.2, 0.25) is 0 Å². The van der Waals surface area contributed by atoms with Crippen LogP contribution in [0.1, 0.15) is 13.3 Å². The molecule has 1 rings (SSSR count). The van der Waals surface area contributed by atoms with Crippen molar-refractivity contribution in [2.75, 3.05) is 30.8 Å². The molecule has 14 heavy (non-hydrogen) atoms. The van der Waals surface area contributed by atoms with Gasteiger partial charge in [0.15, 0.2) is 0 Å². The van der Waals surface area contributed by atoms with Crippen molar-refractivity contribution in [3.8, 4) is 0 Å². The molecule has 0 saturated carbocycles. The molecule has 0 aliphatic carbocycles. The summed E-state index contributed by atoms with van der Waals surface area (Å²) in [7, 11) is 0. The summed E-state index contributed by atoms with van der Waals surface area (Å²) in [6.45, 7) is 4.53. The van der Waals surface area contributed by atoms with Crippen LogP contribution in [-0.2, 0) is 4.74 Å². The summed E-state index contributed by atoms with van der Waals surface area (Å²) in [6.07, 6.45) is 1.02. The summed E-state index contributed by atoms with van der Waals surface area (Å²) in [5, 5.41) is 3.28. The molecular weight excluding hydrogens is 176 g/mol. The molecule has 0 aliphatic heterocycles. The first-order chi connectivity index (χ1) is 6.83. The molecule has 0 saturated heterocycles. The Bertz CT molecular complexity index is 263. The Morgan fingerprint density at radius 3 is 3.00 bits per heavy atom. The fraction of sp³-hybridized carbons (Fsp3) is 0.455. The Morgan fingerprint density at radius 1 is 1.43 bits per heavy atom. The maximum Gasteiger partial charge on any atom is 0.0482 e. The van der Waals surface area contributed by atoms with Crippen molar-refractivity contribution in [1.82, 2.24) is 0 Å². The van der Waals surface area contributed by atoms with E-state index in [9.17, 15) is 0 Å². The molecular formula is C11H18N2O. The Labute approximate surface area is 85.3 Å². The maximum absolute atomic E-state index is 5.65. The van der Waals surface area contributed by atoms with E-state index >= 15 is 0 Å². The van der Waals surface area contributed by atoms with Gasteiger partial charge in [0, 0.05) is 31.1 Å². The van der Waals surface area contributed by atoms with Gasteiger partial charge in [0.1, 0.15) is 0 Å². The molecule has 0 bridgehead atoms. The SMILES string of the molecule is CCOCCCNc1cccc(N)c1. The third kappa shape index (κ3) is 4.14. The van der Waals surface area contributed by atoms with E-state index in [1.165, 1.54) is 0 Å². The van der Waals surface area contributed by atoms with E-state index < -0.39 is 0 Å². The Balaban J connectivity index is 2.18. The normalized spacial score (nSPS) is 10.1. The Morgan fingerprint density at radius 2 is 2.29 bits per heavy atom. The van der Waals surface area contributed by atoms with Gasteiger partial charge < -0.3 is 15.8 Å². The fourth-order valence-electron chi connectivity index (χ4n) is 1.20. The molecule has 0 amide bonds. The number of ether oxygens (including phenoxy) is 1. The number of nitrogens with two attached hydrogens (primary N) is 1. The van der Waals surface area contributed by atoms with E-state index in [-0.39, 0.29) is 0 Å². The van der Waals surface area contributed by atoms with Crippen LogP contribution in [0.3, 0.4) is 0 Å². The van der Waals surface area contributed by atoms with Crippen LogP contribution in [0.5, 0.6) is 0 Å². The summed E-state index contributed by atoms with van der Waals surface area (Å²) in [5.74, 6) is 0. The van der Waals surface area contributed by atoms with Gasteiger partial charge >= 0.3 is 0 Å². The quantitative estimate of drug-likeness (QED) is 0.538. The molecule has 0 aliphatic rings. The van der Waals surface area contributed by atoms with Crippen molar-refractivity contribution in [1.29, 1.82) is 0 Å². The first kappa shape index (κ1) is 10.9. The third-order valence-corrected chi connectivity index (χ3v) is 1.89. The molecule has 0 heterocycles. The molecule has 0 atom stereocenters. The first-order valence-corrected chi connectivity index (χ1v) is 5.00. The summed E-state index contributed by atoms with van der Waals surface area (Å²) in [4.78, 5) is 0. The summed E-state index contributed by atoms with van der Waals surface area (Å²) in [5.41, 5.74) is 7.51. The summed E-state index contributed by atoms with van der Waals surface area (Å²) < 4.78 is 5.23. The number of hydrogen-bond acceptors (Lipinski definition) is 3. The van der Waals surface area contributed by atoms with Gasteiger partial charge in [-0.15, -0.1) is 0 Å². The van der Waals surface area contributed by atoms with Crippen molar-refractivity contribution in [3.63, 3.8) is 0 Å². The molecule has 0 unspecified atom stereocenters. The average molecular weight is 194 g/mol. The largest absolute Gasteiger partial charge is 0.399 e. The van der Waals surface area contributed by atoms with Crippen LogP contribution in [0, 0.1) is 0 Å². The van der Waals surface area contributed by atoms with Gasteiger partial charge in [-0.05, 0) is 31.5 Å². The van der Waals surface area contributed by atoms with Crippen molar-refractivity contribution >= 4 is 11.4 Å². The molecule has 3 N–H and O–H groups in total. The highest BCUT2D eigenvalue weighted by atomic mass is 16.5. The topological polar surface area (TPSA) is 47.3 Å². The van der Waals surface area contributed by atoms with Crippen LogP contribution in [0.15, 0.2) is 24.3 Å². The molecule has 0 spiro atoms. The molecule has 0 fully saturated rings. The van der Waals surface area contributed by atoms with Crippen LogP contribution in [0.2, 0.25) is 0 Å². The predicted octanol–water partition coefficient (Wildman–Crippen LogP) is 2.11. The number of benzene rings is 1. The standard InChI is InChI=1S/C11H18N2O/c1-2-14-8-4-7-13-11-6-3-5-10(12)9-11/h3,5-6,9,13H,2,4,7-8,12H2,1H3. The van der Waals surface area contributed by atoms with E-state index in [0.717, 1.165) is 37.6 Å². The Hall–Kier alpha value is -1.22. The molecule has 78 valence electrons. The van der Waals surface area contributed by atoms with Crippen LogP contribution in [-0.4, -0.2) is 19.8 Å². The molecule has 3 nitrogen and oxygen atoms in total. The smallest absolute Gasteiger partial charge is 0.0482 e. The van der Waals surface area contributed by atoms with Crippen molar-refractivity contribution in [3.05, 3.63) is 24.3 Å². The van der Waals surface area contributed by atoms with E-state index in [0.29, 0.717) is 0 Å². The zero-order valence-electron chi connectivity index (χ0n) is 8.62. The molecule has 1 aromatic rings. The lowest BCUT2D eigenvalue weighted by atomic mass is 10.3. The second kappa shape index (κ2) is 6.27. The highest BCUT2D eigenvalue weighted by Gasteiger charge is 1.91. The van der Waals surface area contributed by atoms with Crippen LogP contribution in [0.25, 0.3) is 0 Å². The highest BCUT2D eigenvalue weighted by Crippen LogP contribution is 2.11. The van der Waals surface area contributed by atoms with Gasteiger partial charge in [-0.25, -0.2) is 0 Å². The second-order valence-corrected chi connectivity index (χ2v) is 3.10. The van der Waals surface area contributed by atoms with Crippen LogP contribution in [0.4, 0.5) is 11.4 Å². The summed E-state index contributed by atoms with van der Waals surface area (Å²) >= 11 is 0. The van der Waals surface area contributed by atoms with E-state index in [4.69, 9.17) is 10.5 Å². The highest BCUT2D eigenvalue weighted by molar-refractivity contribution is 5.53. The monoisotopic (exact) mass is 194 g/mol. The van der Waals surface area contributed by atoms with Gasteiger partial charge in [0.05, 0.1) is 0 Å². The number of rotatable bonds is 6. The van der Waals surface area contributed by atoms with Crippen molar-refractivity contribution < 1.29 is 4.74 Å². The molecule has 1 aromatic carbocycles. The minimum Gasteiger partial charge on any atom is -0.399 e. The zero-order chi connectivity index (χ0) is 10.2. The fourth-order valence-corrected chi connectivity index (χ4v) is 1.20. The minimum atomic E-state index is 0.790. The number of anilines is 2. The van der Waals surface area contributed by atoms with Crippen molar-refractivity contribution in [2.45, 2.75) is 13.3 Å². The van der Waals surface area contributed by atoms with Crippen LogP contribution < -0.4 is 11.1 Å². The third-order valence-electron chi connectivity index (χ3n) is 1.89.